The van der Waals surface area contributed by atoms with E-state index in [0.29, 0.717) is 23.9 Å². The number of anilines is 3. The van der Waals surface area contributed by atoms with Crippen LogP contribution < -0.4 is 16.5 Å². The SMILES string of the molecule is CCN(OC)c1ccc(N)c(N)n1. The highest BCUT2D eigenvalue weighted by Gasteiger charge is 2.05. The fourth-order valence-electron chi connectivity index (χ4n) is 0.998. The van der Waals surface area contributed by atoms with E-state index < -0.39 is 0 Å². The van der Waals surface area contributed by atoms with E-state index in [1.54, 1.807) is 24.3 Å². The molecule has 0 fully saturated rings. The van der Waals surface area contributed by atoms with E-state index in [2.05, 4.69) is 4.98 Å². The minimum atomic E-state index is 0.327. The van der Waals surface area contributed by atoms with Crippen LogP contribution in [0, 0.1) is 0 Å². The van der Waals surface area contributed by atoms with Crippen LogP contribution in [0.1, 0.15) is 6.92 Å². The lowest BCUT2D eigenvalue weighted by atomic mass is 10.4. The molecule has 1 aromatic heterocycles. The third kappa shape index (κ3) is 2.00. The van der Waals surface area contributed by atoms with Crippen LogP contribution in [0.2, 0.25) is 0 Å². The van der Waals surface area contributed by atoms with Gasteiger partial charge < -0.3 is 11.5 Å². The first-order chi connectivity index (χ1) is 6.19. The van der Waals surface area contributed by atoms with Gasteiger partial charge in [-0.25, -0.2) is 10.0 Å². The molecule has 0 aromatic carbocycles. The van der Waals surface area contributed by atoms with Crippen molar-refractivity contribution >= 4 is 17.3 Å². The van der Waals surface area contributed by atoms with Crippen LogP contribution in [-0.2, 0) is 4.84 Å². The molecule has 13 heavy (non-hydrogen) atoms. The van der Waals surface area contributed by atoms with E-state index in [1.807, 2.05) is 6.92 Å². The van der Waals surface area contributed by atoms with Crippen molar-refractivity contribution in [3.05, 3.63) is 12.1 Å². The van der Waals surface area contributed by atoms with Gasteiger partial charge in [-0.05, 0) is 19.1 Å². The summed E-state index contributed by atoms with van der Waals surface area (Å²) in [6.45, 7) is 2.66. The van der Waals surface area contributed by atoms with E-state index >= 15 is 0 Å². The molecule has 0 aliphatic rings. The number of nitrogens with two attached hydrogens (primary N) is 2. The Balaban J connectivity index is 2.95. The Labute approximate surface area is 77.3 Å². The van der Waals surface area contributed by atoms with E-state index in [9.17, 15) is 0 Å². The molecule has 72 valence electrons. The Hall–Kier alpha value is -1.49. The van der Waals surface area contributed by atoms with Crippen LogP contribution in [0.5, 0.6) is 0 Å². The summed E-state index contributed by atoms with van der Waals surface area (Å²) in [7, 11) is 1.58. The number of hydrogen-bond donors (Lipinski definition) is 2. The molecule has 0 atom stereocenters. The molecule has 1 rings (SSSR count). The zero-order valence-corrected chi connectivity index (χ0v) is 7.82. The molecule has 4 N–H and O–H groups in total. The van der Waals surface area contributed by atoms with Gasteiger partial charge in [-0.2, -0.15) is 0 Å². The van der Waals surface area contributed by atoms with Crippen LogP contribution in [0.3, 0.4) is 0 Å². The smallest absolute Gasteiger partial charge is 0.154 e. The molecule has 0 aliphatic heterocycles. The van der Waals surface area contributed by atoms with Crippen molar-refractivity contribution in [3.63, 3.8) is 0 Å². The summed E-state index contributed by atoms with van der Waals surface area (Å²) in [6.07, 6.45) is 0. The van der Waals surface area contributed by atoms with E-state index in [0.717, 1.165) is 0 Å². The summed E-state index contributed by atoms with van der Waals surface area (Å²) in [5.41, 5.74) is 11.6. The van der Waals surface area contributed by atoms with Crippen molar-refractivity contribution in [3.8, 4) is 0 Å². The highest BCUT2D eigenvalue weighted by atomic mass is 16.7. The Morgan fingerprint density at radius 3 is 2.62 bits per heavy atom. The summed E-state index contributed by atoms with van der Waals surface area (Å²) in [5, 5.41) is 1.62. The standard InChI is InChI=1S/C8H14N4O/c1-3-12(13-2)7-5-4-6(9)8(10)11-7/h4-5H,3,9H2,1-2H3,(H2,10,11). The Kier molecular flexibility index (Phi) is 2.92. The van der Waals surface area contributed by atoms with Gasteiger partial charge in [-0.15, -0.1) is 0 Å². The second-order valence-electron chi connectivity index (χ2n) is 2.52. The Bertz CT molecular complexity index is 285. The first-order valence-electron chi connectivity index (χ1n) is 4.02. The van der Waals surface area contributed by atoms with Gasteiger partial charge in [0.05, 0.1) is 12.8 Å². The molecule has 0 bridgehead atoms. The highest BCUT2D eigenvalue weighted by molar-refractivity contribution is 5.61. The molecule has 0 amide bonds. The molecule has 1 heterocycles. The number of rotatable bonds is 3. The van der Waals surface area contributed by atoms with Crippen molar-refractivity contribution in [2.45, 2.75) is 6.92 Å². The van der Waals surface area contributed by atoms with Crippen molar-refractivity contribution in [2.24, 2.45) is 0 Å². The van der Waals surface area contributed by atoms with E-state index in [4.69, 9.17) is 16.3 Å². The summed E-state index contributed by atoms with van der Waals surface area (Å²) < 4.78 is 0. The van der Waals surface area contributed by atoms with E-state index in [-0.39, 0.29) is 0 Å². The van der Waals surface area contributed by atoms with Gasteiger partial charge in [-0.1, -0.05) is 0 Å². The lowest BCUT2D eigenvalue weighted by molar-refractivity contribution is 0.168. The van der Waals surface area contributed by atoms with Crippen LogP contribution in [0.15, 0.2) is 12.1 Å². The summed E-state index contributed by atoms with van der Waals surface area (Å²) >= 11 is 0. The molecular weight excluding hydrogens is 168 g/mol. The Morgan fingerprint density at radius 2 is 2.15 bits per heavy atom. The fourth-order valence-corrected chi connectivity index (χ4v) is 0.998. The number of hydroxylamine groups is 1. The second kappa shape index (κ2) is 3.95. The van der Waals surface area contributed by atoms with Gasteiger partial charge >= 0.3 is 0 Å². The van der Waals surface area contributed by atoms with Crippen LogP contribution in [0.4, 0.5) is 17.3 Å². The van der Waals surface area contributed by atoms with Gasteiger partial charge in [0, 0.05) is 6.54 Å². The predicted molar refractivity (Wildman–Crippen MR) is 53.1 cm³/mol. The zero-order valence-electron chi connectivity index (χ0n) is 7.82. The maximum atomic E-state index is 5.55. The minimum Gasteiger partial charge on any atom is -0.396 e. The van der Waals surface area contributed by atoms with Crippen LogP contribution >= 0.6 is 0 Å². The highest BCUT2D eigenvalue weighted by Crippen LogP contribution is 2.17. The topological polar surface area (TPSA) is 77.4 Å². The summed E-state index contributed by atoms with van der Waals surface area (Å²) in [4.78, 5) is 9.12. The van der Waals surface area contributed by atoms with Gasteiger partial charge in [0.1, 0.15) is 5.82 Å². The average Bonchev–Trinajstić information content (AvgIpc) is 2.13. The van der Waals surface area contributed by atoms with Crippen LogP contribution in [-0.4, -0.2) is 18.6 Å². The van der Waals surface area contributed by atoms with E-state index in [1.165, 1.54) is 0 Å². The molecule has 0 spiro atoms. The van der Waals surface area contributed by atoms with Crippen molar-refractivity contribution in [2.75, 3.05) is 30.2 Å². The number of aromatic nitrogens is 1. The third-order valence-corrected chi connectivity index (χ3v) is 1.71. The lowest BCUT2D eigenvalue weighted by Gasteiger charge is -2.18. The van der Waals surface area contributed by atoms with Crippen LogP contribution in [0.25, 0.3) is 0 Å². The summed E-state index contributed by atoms with van der Waals surface area (Å²) in [5.74, 6) is 0.990. The molecule has 0 saturated heterocycles. The number of hydrogen-bond acceptors (Lipinski definition) is 5. The molecular formula is C8H14N4O. The number of nitrogen functional groups attached to an aromatic ring is 2. The van der Waals surface area contributed by atoms with Gasteiger partial charge in [0.15, 0.2) is 5.82 Å². The first kappa shape index (κ1) is 9.60. The fraction of sp³-hybridized carbons (Fsp3) is 0.375. The van der Waals surface area contributed by atoms with Gasteiger partial charge in [-0.3, -0.25) is 4.84 Å². The molecule has 5 nitrogen and oxygen atoms in total. The molecule has 1 aromatic rings. The van der Waals surface area contributed by atoms with Crippen molar-refractivity contribution in [1.82, 2.24) is 4.98 Å². The monoisotopic (exact) mass is 182 g/mol. The molecule has 0 radical (unpaired) electrons. The third-order valence-electron chi connectivity index (χ3n) is 1.71. The van der Waals surface area contributed by atoms with Crippen molar-refractivity contribution in [1.29, 1.82) is 0 Å². The maximum Gasteiger partial charge on any atom is 0.154 e. The largest absolute Gasteiger partial charge is 0.396 e. The normalized spacial score (nSPS) is 10.0. The quantitative estimate of drug-likeness (QED) is 0.670. The first-order valence-corrected chi connectivity index (χ1v) is 4.02. The Morgan fingerprint density at radius 1 is 1.46 bits per heavy atom. The number of pyridine rings is 1. The average molecular weight is 182 g/mol. The lowest BCUT2D eigenvalue weighted by Crippen LogP contribution is -2.22. The molecule has 0 aliphatic carbocycles. The van der Waals surface area contributed by atoms with Gasteiger partial charge in [0.25, 0.3) is 0 Å². The molecule has 0 saturated carbocycles. The zero-order chi connectivity index (χ0) is 9.84. The second-order valence-corrected chi connectivity index (χ2v) is 2.52. The molecule has 0 unspecified atom stereocenters. The predicted octanol–water partition coefficient (Wildman–Crippen LogP) is 0.634. The summed E-state index contributed by atoms with van der Waals surface area (Å²) in [6, 6.07) is 3.47. The number of nitrogens with zero attached hydrogens (tertiary/aromatic N) is 2. The van der Waals surface area contributed by atoms with Gasteiger partial charge in [0.2, 0.25) is 0 Å². The maximum absolute atomic E-state index is 5.55. The molecule has 5 heteroatoms. The van der Waals surface area contributed by atoms with Crippen molar-refractivity contribution < 1.29 is 4.84 Å². The minimum absolute atomic E-state index is 0.327.